The molecule has 2 rings (SSSR count). The van der Waals surface area contributed by atoms with Crippen molar-refractivity contribution in [1.82, 2.24) is 19.9 Å². The van der Waals surface area contributed by atoms with Gasteiger partial charge in [-0.1, -0.05) is 5.92 Å². The fourth-order valence-electron chi connectivity index (χ4n) is 1.07. The largest absolute Gasteiger partial charge is 0.378 e. The number of fused-ring (bicyclic) bond motifs is 1. The normalized spacial score (nSPS) is 11.1. The Morgan fingerprint density at radius 1 is 1.33 bits per heavy atom. The highest BCUT2D eigenvalue weighted by molar-refractivity contribution is 5.75. The molecule has 0 aliphatic rings. The standard InChI is InChI=1S/C10H10N4O/c1-10(2,15)4-3-7-8-9(13-5-11-7)14-6-12-8/h5-6,15H,1-2H3,(H,11,12,13,14). The van der Waals surface area contributed by atoms with Gasteiger partial charge in [0, 0.05) is 0 Å². The molecule has 0 aliphatic heterocycles. The number of nitrogens with zero attached hydrogens (tertiary/aromatic N) is 3. The molecule has 2 heterocycles. The first-order valence-electron chi connectivity index (χ1n) is 4.46. The molecule has 2 aromatic rings. The fourth-order valence-corrected chi connectivity index (χ4v) is 1.07. The second-order valence-electron chi connectivity index (χ2n) is 3.63. The van der Waals surface area contributed by atoms with Crippen LogP contribution in [0.4, 0.5) is 0 Å². The van der Waals surface area contributed by atoms with E-state index < -0.39 is 5.60 Å². The van der Waals surface area contributed by atoms with Crippen LogP contribution < -0.4 is 0 Å². The molecular weight excluding hydrogens is 192 g/mol. The second kappa shape index (κ2) is 3.33. The summed E-state index contributed by atoms with van der Waals surface area (Å²) < 4.78 is 0. The van der Waals surface area contributed by atoms with Crippen LogP contribution in [0.1, 0.15) is 19.5 Å². The summed E-state index contributed by atoms with van der Waals surface area (Å²) in [5.41, 5.74) is 0.774. The minimum Gasteiger partial charge on any atom is -0.378 e. The van der Waals surface area contributed by atoms with Gasteiger partial charge in [0.2, 0.25) is 0 Å². The van der Waals surface area contributed by atoms with E-state index in [9.17, 15) is 5.11 Å². The van der Waals surface area contributed by atoms with Crippen LogP contribution in [0, 0.1) is 11.8 Å². The van der Waals surface area contributed by atoms with Crippen LogP contribution in [0.2, 0.25) is 0 Å². The molecule has 0 atom stereocenters. The molecular formula is C10H10N4O. The zero-order chi connectivity index (χ0) is 10.9. The van der Waals surface area contributed by atoms with Gasteiger partial charge in [0.15, 0.2) is 5.65 Å². The Hall–Kier alpha value is -1.93. The van der Waals surface area contributed by atoms with E-state index in [0.717, 1.165) is 0 Å². The summed E-state index contributed by atoms with van der Waals surface area (Å²) in [6.07, 6.45) is 2.94. The van der Waals surface area contributed by atoms with Crippen LogP contribution in [0.15, 0.2) is 12.7 Å². The molecule has 0 unspecified atom stereocenters. The topological polar surface area (TPSA) is 74.7 Å². The number of rotatable bonds is 0. The Morgan fingerprint density at radius 3 is 2.87 bits per heavy atom. The Balaban J connectivity index is 2.51. The summed E-state index contributed by atoms with van der Waals surface area (Å²) in [5.74, 6) is 5.48. The van der Waals surface area contributed by atoms with Crippen molar-refractivity contribution in [1.29, 1.82) is 0 Å². The summed E-state index contributed by atoms with van der Waals surface area (Å²) in [6, 6.07) is 0. The fraction of sp³-hybridized carbons (Fsp3) is 0.300. The molecule has 0 aliphatic carbocycles. The monoisotopic (exact) mass is 202 g/mol. The van der Waals surface area contributed by atoms with Gasteiger partial charge in [-0.2, -0.15) is 0 Å². The van der Waals surface area contributed by atoms with Crippen molar-refractivity contribution >= 4 is 11.2 Å². The van der Waals surface area contributed by atoms with E-state index in [4.69, 9.17) is 0 Å². The lowest BCUT2D eigenvalue weighted by atomic mass is 10.1. The first-order chi connectivity index (χ1) is 7.06. The van der Waals surface area contributed by atoms with E-state index in [2.05, 4.69) is 31.8 Å². The zero-order valence-corrected chi connectivity index (χ0v) is 8.44. The maximum Gasteiger partial charge on any atom is 0.181 e. The summed E-state index contributed by atoms with van der Waals surface area (Å²) in [5, 5.41) is 9.46. The smallest absolute Gasteiger partial charge is 0.181 e. The number of aromatic nitrogens is 4. The van der Waals surface area contributed by atoms with Crippen LogP contribution >= 0.6 is 0 Å². The third-order valence-corrected chi connectivity index (χ3v) is 1.71. The van der Waals surface area contributed by atoms with Crippen molar-refractivity contribution in [3.8, 4) is 11.8 Å². The lowest BCUT2D eigenvalue weighted by Gasteiger charge is -2.05. The Kier molecular flexibility index (Phi) is 2.14. The molecule has 5 heteroatoms. The second-order valence-corrected chi connectivity index (χ2v) is 3.63. The number of aromatic amines is 1. The van der Waals surface area contributed by atoms with Gasteiger partial charge in [-0.3, -0.25) is 0 Å². The van der Waals surface area contributed by atoms with Gasteiger partial charge in [-0.05, 0) is 19.8 Å². The molecule has 0 amide bonds. The van der Waals surface area contributed by atoms with Crippen molar-refractivity contribution in [2.45, 2.75) is 19.4 Å². The first kappa shape index (κ1) is 9.62. The third-order valence-electron chi connectivity index (χ3n) is 1.71. The van der Waals surface area contributed by atoms with E-state index in [1.807, 2.05) is 0 Å². The van der Waals surface area contributed by atoms with Crippen molar-refractivity contribution in [2.24, 2.45) is 0 Å². The van der Waals surface area contributed by atoms with Gasteiger partial charge in [0.05, 0.1) is 6.33 Å². The number of aliphatic hydroxyl groups is 1. The number of imidazole rings is 1. The molecule has 0 radical (unpaired) electrons. The lowest BCUT2D eigenvalue weighted by Crippen LogP contribution is -2.14. The predicted molar refractivity (Wildman–Crippen MR) is 54.9 cm³/mol. The lowest BCUT2D eigenvalue weighted by molar-refractivity contribution is 0.143. The van der Waals surface area contributed by atoms with E-state index in [0.29, 0.717) is 16.9 Å². The predicted octanol–water partition coefficient (Wildman–Crippen LogP) is 0.475. The maximum absolute atomic E-state index is 9.46. The average Bonchev–Trinajstić information content (AvgIpc) is 2.61. The van der Waals surface area contributed by atoms with E-state index in [1.54, 1.807) is 13.8 Å². The summed E-state index contributed by atoms with van der Waals surface area (Å²) in [4.78, 5) is 14.9. The van der Waals surface area contributed by atoms with Crippen LogP contribution in [0.25, 0.3) is 11.2 Å². The number of hydrogen-bond acceptors (Lipinski definition) is 4. The minimum atomic E-state index is -1.03. The highest BCUT2D eigenvalue weighted by Gasteiger charge is 2.07. The van der Waals surface area contributed by atoms with Gasteiger partial charge in [-0.25, -0.2) is 15.0 Å². The zero-order valence-electron chi connectivity index (χ0n) is 8.44. The van der Waals surface area contributed by atoms with Gasteiger partial charge in [-0.15, -0.1) is 0 Å². The number of nitrogens with one attached hydrogen (secondary N) is 1. The van der Waals surface area contributed by atoms with Crippen LogP contribution in [0.5, 0.6) is 0 Å². The average molecular weight is 202 g/mol. The Labute approximate surface area is 86.6 Å². The van der Waals surface area contributed by atoms with Gasteiger partial charge in [0.1, 0.15) is 23.1 Å². The van der Waals surface area contributed by atoms with E-state index in [-0.39, 0.29) is 0 Å². The van der Waals surface area contributed by atoms with Crippen LogP contribution in [-0.4, -0.2) is 30.6 Å². The van der Waals surface area contributed by atoms with Gasteiger partial charge < -0.3 is 10.1 Å². The third kappa shape index (κ3) is 2.11. The molecule has 0 fully saturated rings. The summed E-state index contributed by atoms with van der Waals surface area (Å²) in [7, 11) is 0. The number of hydrogen-bond donors (Lipinski definition) is 2. The molecule has 0 spiro atoms. The van der Waals surface area contributed by atoms with Crippen molar-refractivity contribution < 1.29 is 5.11 Å². The molecule has 2 N–H and O–H groups in total. The minimum absolute atomic E-state index is 0.541. The molecule has 0 aromatic carbocycles. The molecule has 0 saturated carbocycles. The van der Waals surface area contributed by atoms with Crippen molar-refractivity contribution in [3.05, 3.63) is 18.3 Å². The van der Waals surface area contributed by atoms with E-state index >= 15 is 0 Å². The quantitative estimate of drug-likeness (QED) is 0.609. The molecule has 0 bridgehead atoms. The number of H-pyrrole nitrogens is 1. The van der Waals surface area contributed by atoms with Crippen molar-refractivity contribution in [3.63, 3.8) is 0 Å². The van der Waals surface area contributed by atoms with Crippen molar-refractivity contribution in [2.75, 3.05) is 0 Å². The summed E-state index contributed by atoms with van der Waals surface area (Å²) >= 11 is 0. The maximum atomic E-state index is 9.46. The molecule has 5 nitrogen and oxygen atoms in total. The Bertz CT molecular complexity index is 542. The highest BCUT2D eigenvalue weighted by Crippen LogP contribution is 2.08. The van der Waals surface area contributed by atoms with Crippen LogP contribution in [0.3, 0.4) is 0 Å². The van der Waals surface area contributed by atoms with Crippen LogP contribution in [-0.2, 0) is 0 Å². The highest BCUT2D eigenvalue weighted by atomic mass is 16.3. The molecule has 76 valence electrons. The van der Waals surface area contributed by atoms with Gasteiger partial charge >= 0.3 is 0 Å². The molecule has 2 aromatic heterocycles. The molecule has 0 saturated heterocycles. The Morgan fingerprint density at radius 2 is 2.13 bits per heavy atom. The summed E-state index contributed by atoms with van der Waals surface area (Å²) in [6.45, 7) is 3.23. The van der Waals surface area contributed by atoms with E-state index in [1.165, 1.54) is 12.7 Å². The van der Waals surface area contributed by atoms with Gasteiger partial charge in [0.25, 0.3) is 0 Å². The SMILES string of the molecule is CC(C)(O)C#Cc1ncnc2nc[nH]c12. The molecule has 15 heavy (non-hydrogen) atoms. The first-order valence-corrected chi connectivity index (χ1v) is 4.46.